The van der Waals surface area contributed by atoms with Gasteiger partial charge >= 0.3 is 0 Å². The summed E-state index contributed by atoms with van der Waals surface area (Å²) in [7, 11) is 0. The van der Waals surface area contributed by atoms with Crippen molar-refractivity contribution in [2.24, 2.45) is 11.3 Å². The molecule has 1 atom stereocenters. The molecule has 1 saturated carbocycles. The summed E-state index contributed by atoms with van der Waals surface area (Å²) >= 11 is 0. The number of rotatable bonds is 5. The van der Waals surface area contributed by atoms with Gasteiger partial charge in [0.2, 0.25) is 5.91 Å². The molecule has 0 saturated heterocycles. The van der Waals surface area contributed by atoms with Crippen molar-refractivity contribution in [3.63, 3.8) is 0 Å². The van der Waals surface area contributed by atoms with Crippen LogP contribution in [0.3, 0.4) is 0 Å². The molecule has 0 radical (unpaired) electrons. The first kappa shape index (κ1) is 15.5. The maximum Gasteiger partial charge on any atom is 0.223 e. The Kier molecular flexibility index (Phi) is 5.20. The number of nitrogens with one attached hydrogen (secondary N) is 1. The molecule has 0 spiro atoms. The summed E-state index contributed by atoms with van der Waals surface area (Å²) in [6.45, 7) is 8.66. The average molecular weight is 255 g/mol. The zero-order valence-corrected chi connectivity index (χ0v) is 12.4. The van der Waals surface area contributed by atoms with Crippen LogP contribution in [-0.2, 0) is 4.79 Å². The van der Waals surface area contributed by atoms with E-state index in [9.17, 15) is 9.90 Å². The van der Waals surface area contributed by atoms with E-state index in [1.807, 2.05) is 13.8 Å². The van der Waals surface area contributed by atoms with Crippen LogP contribution in [-0.4, -0.2) is 23.2 Å². The Bertz CT molecular complexity index is 282. The van der Waals surface area contributed by atoms with Gasteiger partial charge in [0.25, 0.3) is 0 Å². The molecule has 0 bridgehead atoms. The number of hydrogen-bond donors (Lipinski definition) is 2. The largest absolute Gasteiger partial charge is 0.388 e. The monoisotopic (exact) mass is 255 g/mol. The van der Waals surface area contributed by atoms with E-state index in [2.05, 4.69) is 19.2 Å². The summed E-state index contributed by atoms with van der Waals surface area (Å²) in [5.74, 6) is 0.226. The van der Waals surface area contributed by atoms with E-state index in [1.165, 1.54) is 6.42 Å². The molecule has 1 aliphatic carbocycles. The molecule has 18 heavy (non-hydrogen) atoms. The van der Waals surface area contributed by atoms with Gasteiger partial charge in [0.15, 0.2) is 0 Å². The smallest absolute Gasteiger partial charge is 0.223 e. The van der Waals surface area contributed by atoms with Crippen molar-refractivity contribution in [2.45, 2.75) is 71.8 Å². The van der Waals surface area contributed by atoms with Crippen molar-refractivity contribution in [2.75, 3.05) is 6.54 Å². The summed E-state index contributed by atoms with van der Waals surface area (Å²) < 4.78 is 0. The molecule has 106 valence electrons. The maximum atomic E-state index is 12.3. The molecule has 1 rings (SSSR count). The van der Waals surface area contributed by atoms with Gasteiger partial charge in [-0.2, -0.15) is 0 Å². The minimum absolute atomic E-state index is 0.0961. The van der Waals surface area contributed by atoms with Gasteiger partial charge in [-0.1, -0.05) is 40.5 Å². The van der Waals surface area contributed by atoms with E-state index in [0.29, 0.717) is 19.4 Å². The van der Waals surface area contributed by atoms with Gasteiger partial charge in [0.05, 0.1) is 5.60 Å². The average Bonchev–Trinajstić information content (AvgIpc) is 2.35. The molecule has 0 heterocycles. The molecule has 1 amide bonds. The highest BCUT2D eigenvalue weighted by Crippen LogP contribution is 2.40. The van der Waals surface area contributed by atoms with E-state index in [4.69, 9.17) is 0 Å². The first-order chi connectivity index (χ1) is 8.34. The van der Waals surface area contributed by atoms with Crippen molar-refractivity contribution in [1.82, 2.24) is 5.32 Å². The van der Waals surface area contributed by atoms with Crippen LogP contribution in [0.4, 0.5) is 0 Å². The van der Waals surface area contributed by atoms with Gasteiger partial charge in [-0.15, -0.1) is 0 Å². The lowest BCUT2D eigenvalue weighted by molar-refractivity contribution is -0.131. The Hall–Kier alpha value is -0.570. The lowest BCUT2D eigenvalue weighted by Crippen LogP contribution is -2.47. The number of carbonyl (C=O) groups excluding carboxylic acids is 1. The summed E-state index contributed by atoms with van der Waals surface area (Å²) in [6, 6.07) is 0. The molecule has 0 aromatic rings. The van der Waals surface area contributed by atoms with Crippen LogP contribution in [0, 0.1) is 11.3 Å². The predicted molar refractivity (Wildman–Crippen MR) is 74.3 cm³/mol. The van der Waals surface area contributed by atoms with Gasteiger partial charge in [-0.05, 0) is 31.1 Å². The van der Waals surface area contributed by atoms with Gasteiger partial charge in [0, 0.05) is 12.5 Å². The van der Waals surface area contributed by atoms with Crippen molar-refractivity contribution in [1.29, 1.82) is 0 Å². The third-order valence-electron chi connectivity index (χ3n) is 4.73. The van der Waals surface area contributed by atoms with Crippen LogP contribution in [0.2, 0.25) is 0 Å². The van der Waals surface area contributed by atoms with E-state index in [-0.39, 0.29) is 17.2 Å². The van der Waals surface area contributed by atoms with E-state index < -0.39 is 5.60 Å². The minimum atomic E-state index is -0.742. The molecule has 0 aliphatic heterocycles. The van der Waals surface area contributed by atoms with E-state index >= 15 is 0 Å². The van der Waals surface area contributed by atoms with Gasteiger partial charge in [0.1, 0.15) is 0 Å². The molecule has 0 aromatic carbocycles. The quantitative estimate of drug-likeness (QED) is 0.793. The third kappa shape index (κ3) is 3.71. The predicted octanol–water partition coefficient (Wildman–Crippen LogP) is 2.87. The number of amides is 1. The summed E-state index contributed by atoms with van der Waals surface area (Å²) in [4.78, 5) is 12.3. The SMILES string of the molecule is CCC(O)(CC)CNC(=O)C1CCCCC1(C)C. The Morgan fingerprint density at radius 3 is 2.44 bits per heavy atom. The summed E-state index contributed by atoms with van der Waals surface area (Å²) in [5.41, 5.74) is -0.645. The lowest BCUT2D eigenvalue weighted by atomic mass is 9.68. The van der Waals surface area contributed by atoms with E-state index in [0.717, 1.165) is 19.3 Å². The van der Waals surface area contributed by atoms with Gasteiger partial charge in [-0.25, -0.2) is 0 Å². The van der Waals surface area contributed by atoms with Gasteiger partial charge in [-0.3, -0.25) is 4.79 Å². The zero-order chi connectivity index (χ0) is 13.8. The molecular weight excluding hydrogens is 226 g/mol. The molecule has 3 heteroatoms. The highest BCUT2D eigenvalue weighted by atomic mass is 16.3. The van der Waals surface area contributed by atoms with Crippen molar-refractivity contribution < 1.29 is 9.90 Å². The fraction of sp³-hybridized carbons (Fsp3) is 0.933. The Morgan fingerprint density at radius 1 is 1.33 bits per heavy atom. The Labute approximate surface area is 111 Å². The standard InChI is InChI=1S/C15H29NO2/c1-5-15(18,6-2)11-16-13(17)12-9-7-8-10-14(12,3)4/h12,18H,5-11H2,1-4H3,(H,16,17). The molecule has 1 fully saturated rings. The van der Waals surface area contributed by atoms with Crippen LogP contribution < -0.4 is 5.32 Å². The lowest BCUT2D eigenvalue weighted by Gasteiger charge is -2.38. The highest BCUT2D eigenvalue weighted by molar-refractivity contribution is 5.79. The fourth-order valence-electron chi connectivity index (χ4n) is 2.85. The first-order valence-electron chi connectivity index (χ1n) is 7.35. The maximum absolute atomic E-state index is 12.3. The molecule has 1 unspecified atom stereocenters. The Morgan fingerprint density at radius 2 is 1.94 bits per heavy atom. The number of aliphatic hydroxyl groups is 1. The fourth-order valence-corrected chi connectivity index (χ4v) is 2.85. The highest BCUT2D eigenvalue weighted by Gasteiger charge is 2.37. The third-order valence-corrected chi connectivity index (χ3v) is 4.73. The summed E-state index contributed by atoms with van der Waals surface area (Å²) in [6.07, 6.45) is 5.83. The van der Waals surface area contributed by atoms with Crippen molar-refractivity contribution in [3.8, 4) is 0 Å². The molecular formula is C15H29NO2. The van der Waals surface area contributed by atoms with E-state index in [1.54, 1.807) is 0 Å². The van der Waals surface area contributed by atoms with Crippen LogP contribution in [0.25, 0.3) is 0 Å². The van der Waals surface area contributed by atoms with Crippen LogP contribution >= 0.6 is 0 Å². The Balaban J connectivity index is 2.54. The second-order valence-electron chi connectivity index (χ2n) is 6.44. The molecule has 3 nitrogen and oxygen atoms in total. The molecule has 2 N–H and O–H groups in total. The van der Waals surface area contributed by atoms with Crippen molar-refractivity contribution in [3.05, 3.63) is 0 Å². The normalized spacial score (nSPS) is 23.7. The first-order valence-corrected chi connectivity index (χ1v) is 7.35. The minimum Gasteiger partial charge on any atom is -0.388 e. The number of hydrogen-bond acceptors (Lipinski definition) is 2. The van der Waals surface area contributed by atoms with Crippen LogP contribution in [0.15, 0.2) is 0 Å². The summed E-state index contributed by atoms with van der Waals surface area (Å²) in [5, 5.41) is 13.2. The molecule has 1 aliphatic rings. The zero-order valence-electron chi connectivity index (χ0n) is 12.4. The second-order valence-corrected chi connectivity index (χ2v) is 6.44. The number of carbonyl (C=O) groups is 1. The topological polar surface area (TPSA) is 49.3 Å². The van der Waals surface area contributed by atoms with Crippen LogP contribution in [0.5, 0.6) is 0 Å². The second kappa shape index (κ2) is 6.05. The van der Waals surface area contributed by atoms with Crippen molar-refractivity contribution >= 4 is 5.91 Å². The van der Waals surface area contributed by atoms with Gasteiger partial charge < -0.3 is 10.4 Å². The molecule has 0 aromatic heterocycles. The van der Waals surface area contributed by atoms with Crippen LogP contribution in [0.1, 0.15) is 66.2 Å².